The number of hydrogen-bond acceptors (Lipinski definition) is 4. The van der Waals surface area contributed by atoms with Gasteiger partial charge in [0.25, 0.3) is 5.91 Å². The molecular weight excluding hydrogens is 278 g/mol. The second kappa shape index (κ2) is 6.13. The van der Waals surface area contributed by atoms with Crippen LogP contribution in [0.3, 0.4) is 0 Å². The minimum absolute atomic E-state index is 0.235. The Labute approximate surface area is 128 Å². The number of para-hydroxylation sites is 1. The molecule has 0 saturated carbocycles. The van der Waals surface area contributed by atoms with E-state index in [1.165, 1.54) is 0 Å². The largest absolute Gasteiger partial charge is 0.497 e. The van der Waals surface area contributed by atoms with Gasteiger partial charge in [-0.2, -0.15) is 0 Å². The third kappa shape index (κ3) is 3.15. The van der Waals surface area contributed by atoms with Crippen LogP contribution in [0, 0.1) is 0 Å². The van der Waals surface area contributed by atoms with Crippen molar-refractivity contribution in [2.45, 2.75) is 0 Å². The molecular formula is C17H15N3O2. The molecule has 22 heavy (non-hydrogen) atoms. The fourth-order valence-corrected chi connectivity index (χ4v) is 2.08. The molecule has 0 atom stereocenters. The number of ether oxygens (including phenoxy) is 1. The number of methoxy groups -OCH3 is 1. The van der Waals surface area contributed by atoms with Gasteiger partial charge >= 0.3 is 0 Å². The number of guanidine groups is 1. The van der Waals surface area contributed by atoms with Crippen molar-refractivity contribution in [1.29, 1.82) is 0 Å². The quantitative estimate of drug-likeness (QED) is 0.855. The monoisotopic (exact) mass is 293 g/mol. The van der Waals surface area contributed by atoms with Crippen molar-refractivity contribution in [1.82, 2.24) is 5.32 Å². The van der Waals surface area contributed by atoms with Crippen molar-refractivity contribution in [3.63, 3.8) is 0 Å². The van der Waals surface area contributed by atoms with E-state index in [2.05, 4.69) is 15.6 Å². The molecule has 5 heteroatoms. The molecule has 0 spiro atoms. The minimum Gasteiger partial charge on any atom is -0.497 e. The van der Waals surface area contributed by atoms with Crippen LogP contribution in [0.2, 0.25) is 0 Å². The van der Waals surface area contributed by atoms with E-state index >= 15 is 0 Å². The topological polar surface area (TPSA) is 62.7 Å². The Morgan fingerprint density at radius 2 is 1.95 bits per heavy atom. The molecule has 1 aliphatic rings. The number of benzene rings is 2. The van der Waals surface area contributed by atoms with Gasteiger partial charge in [-0.05, 0) is 35.9 Å². The van der Waals surface area contributed by atoms with Crippen LogP contribution >= 0.6 is 0 Å². The maximum Gasteiger partial charge on any atom is 0.276 e. The van der Waals surface area contributed by atoms with E-state index in [-0.39, 0.29) is 5.91 Å². The number of anilines is 1. The summed E-state index contributed by atoms with van der Waals surface area (Å²) in [6, 6.07) is 17.0. The molecule has 2 aromatic carbocycles. The summed E-state index contributed by atoms with van der Waals surface area (Å²) < 4.78 is 5.17. The molecule has 2 N–H and O–H groups in total. The highest BCUT2D eigenvalue weighted by molar-refractivity contribution is 6.17. The summed E-state index contributed by atoms with van der Waals surface area (Å²) in [5, 5.41) is 5.76. The highest BCUT2D eigenvalue weighted by atomic mass is 16.5. The Bertz CT molecular complexity index is 752. The van der Waals surface area contributed by atoms with Crippen molar-refractivity contribution in [2.24, 2.45) is 4.99 Å². The van der Waals surface area contributed by atoms with Crippen LogP contribution in [-0.2, 0) is 4.79 Å². The number of hydrogen-bond donors (Lipinski definition) is 2. The Morgan fingerprint density at radius 1 is 1.14 bits per heavy atom. The maximum absolute atomic E-state index is 12.0. The van der Waals surface area contributed by atoms with Crippen LogP contribution in [0.25, 0.3) is 6.08 Å². The van der Waals surface area contributed by atoms with E-state index in [1.807, 2.05) is 54.6 Å². The summed E-state index contributed by atoms with van der Waals surface area (Å²) in [6.07, 6.45) is 1.72. The molecule has 3 rings (SSSR count). The number of carbonyl (C=O) groups excluding carboxylic acids is 1. The van der Waals surface area contributed by atoms with Crippen LogP contribution < -0.4 is 15.4 Å². The molecule has 0 saturated heterocycles. The number of aliphatic imine (C=N–C) groups is 1. The molecule has 0 radical (unpaired) electrons. The zero-order chi connectivity index (χ0) is 15.4. The van der Waals surface area contributed by atoms with Gasteiger partial charge in [-0.25, -0.2) is 4.99 Å². The summed E-state index contributed by atoms with van der Waals surface area (Å²) in [5.41, 5.74) is 2.07. The molecule has 1 amide bonds. The molecule has 2 aromatic rings. The summed E-state index contributed by atoms with van der Waals surface area (Å²) in [5.74, 6) is 0.922. The molecule has 5 nitrogen and oxygen atoms in total. The lowest BCUT2D eigenvalue weighted by atomic mass is 10.2. The van der Waals surface area contributed by atoms with E-state index in [9.17, 15) is 4.79 Å². The van der Waals surface area contributed by atoms with Crippen molar-refractivity contribution >= 4 is 23.6 Å². The predicted octanol–water partition coefficient (Wildman–Crippen LogP) is 2.63. The van der Waals surface area contributed by atoms with Gasteiger partial charge in [0, 0.05) is 5.69 Å². The van der Waals surface area contributed by atoms with Crippen molar-refractivity contribution in [3.05, 3.63) is 65.9 Å². The number of rotatable bonds is 3. The number of nitrogens with one attached hydrogen (secondary N) is 2. The third-order valence-electron chi connectivity index (χ3n) is 3.13. The van der Waals surface area contributed by atoms with Gasteiger partial charge < -0.3 is 10.1 Å². The zero-order valence-corrected chi connectivity index (χ0v) is 12.0. The van der Waals surface area contributed by atoms with Gasteiger partial charge in [0.2, 0.25) is 5.96 Å². The molecule has 1 heterocycles. The van der Waals surface area contributed by atoms with Crippen LogP contribution in [0.4, 0.5) is 5.69 Å². The Balaban J connectivity index is 1.81. The lowest BCUT2D eigenvalue weighted by Gasteiger charge is -2.03. The maximum atomic E-state index is 12.0. The zero-order valence-electron chi connectivity index (χ0n) is 12.0. The van der Waals surface area contributed by atoms with Crippen molar-refractivity contribution in [2.75, 3.05) is 12.4 Å². The Morgan fingerprint density at radius 3 is 2.73 bits per heavy atom. The number of carbonyl (C=O) groups is 1. The van der Waals surface area contributed by atoms with E-state index < -0.39 is 0 Å². The first-order valence-corrected chi connectivity index (χ1v) is 6.82. The molecule has 0 aliphatic carbocycles. The summed E-state index contributed by atoms with van der Waals surface area (Å²) in [7, 11) is 1.61. The van der Waals surface area contributed by atoms with Crippen LogP contribution in [-0.4, -0.2) is 19.0 Å². The summed E-state index contributed by atoms with van der Waals surface area (Å²) in [6.45, 7) is 0. The molecule has 1 aliphatic heterocycles. The lowest BCUT2D eigenvalue weighted by molar-refractivity contribution is -0.115. The average Bonchev–Trinajstić information content (AvgIpc) is 2.88. The molecule has 110 valence electrons. The van der Waals surface area contributed by atoms with Crippen LogP contribution in [0.15, 0.2) is 65.3 Å². The summed E-state index contributed by atoms with van der Waals surface area (Å²) >= 11 is 0. The molecule has 0 bridgehead atoms. The smallest absolute Gasteiger partial charge is 0.276 e. The summed E-state index contributed by atoms with van der Waals surface area (Å²) in [4.78, 5) is 16.2. The van der Waals surface area contributed by atoms with E-state index in [0.29, 0.717) is 11.7 Å². The van der Waals surface area contributed by atoms with Crippen molar-refractivity contribution < 1.29 is 9.53 Å². The van der Waals surface area contributed by atoms with Gasteiger partial charge in [0.15, 0.2) is 0 Å². The van der Waals surface area contributed by atoms with Gasteiger partial charge in [0.1, 0.15) is 11.4 Å². The fourth-order valence-electron chi connectivity index (χ4n) is 2.08. The van der Waals surface area contributed by atoms with E-state index in [0.717, 1.165) is 17.0 Å². The second-order valence-electron chi connectivity index (χ2n) is 4.71. The Hall–Kier alpha value is -3.08. The average molecular weight is 293 g/mol. The van der Waals surface area contributed by atoms with E-state index in [1.54, 1.807) is 13.2 Å². The van der Waals surface area contributed by atoms with Gasteiger partial charge in [-0.15, -0.1) is 0 Å². The fraction of sp³-hybridized carbons (Fsp3) is 0.0588. The van der Waals surface area contributed by atoms with E-state index in [4.69, 9.17) is 4.74 Å². The molecule has 0 unspecified atom stereocenters. The Kier molecular flexibility index (Phi) is 3.87. The van der Waals surface area contributed by atoms with Crippen LogP contribution in [0.1, 0.15) is 5.56 Å². The molecule has 0 aromatic heterocycles. The standard InChI is InChI=1S/C17H15N3O2/c1-22-14-9-5-6-12(10-14)11-15-16(21)20-17(19-15)18-13-7-3-2-4-8-13/h2-11H,1H3,(H2,18,19,20,21)/b15-11-. The van der Waals surface area contributed by atoms with Gasteiger partial charge in [-0.1, -0.05) is 30.3 Å². The van der Waals surface area contributed by atoms with Gasteiger partial charge in [0.05, 0.1) is 7.11 Å². The first-order valence-electron chi connectivity index (χ1n) is 6.82. The lowest BCUT2D eigenvalue weighted by Crippen LogP contribution is -2.29. The highest BCUT2D eigenvalue weighted by Crippen LogP contribution is 2.17. The first kappa shape index (κ1) is 13.9. The second-order valence-corrected chi connectivity index (χ2v) is 4.71. The van der Waals surface area contributed by atoms with Crippen LogP contribution in [0.5, 0.6) is 5.75 Å². The predicted molar refractivity (Wildman–Crippen MR) is 86.6 cm³/mol. The number of amides is 1. The minimum atomic E-state index is -0.235. The normalized spacial score (nSPS) is 15.4. The highest BCUT2D eigenvalue weighted by Gasteiger charge is 2.19. The third-order valence-corrected chi connectivity index (χ3v) is 3.13. The SMILES string of the molecule is COc1cccc(/C=C2\N=C(Nc3ccccc3)NC2=O)c1. The number of nitrogens with zero attached hydrogens (tertiary/aromatic N) is 1. The molecule has 0 fully saturated rings. The van der Waals surface area contributed by atoms with Gasteiger partial charge in [-0.3, -0.25) is 10.1 Å². The first-order chi connectivity index (χ1) is 10.7. The van der Waals surface area contributed by atoms with Crippen molar-refractivity contribution in [3.8, 4) is 5.75 Å².